The Balaban J connectivity index is 1.35. The van der Waals surface area contributed by atoms with Gasteiger partial charge in [-0.3, -0.25) is 9.59 Å². The van der Waals surface area contributed by atoms with Crippen LogP contribution in [0.3, 0.4) is 0 Å². The van der Waals surface area contributed by atoms with Gasteiger partial charge in [0.1, 0.15) is 11.2 Å². The first-order valence-corrected chi connectivity index (χ1v) is 14.5. The SMILES string of the molecule is CC1CCC(NC(=O)C2(C)Cn3c(cc4sccc43)C(=O)N2CCCN2CC(C)CC(C)C2)CC1. The quantitative estimate of drug-likeness (QED) is 0.611. The molecule has 1 N–H and O–H groups in total. The van der Waals surface area contributed by atoms with E-state index in [4.69, 9.17) is 0 Å². The Morgan fingerprint density at radius 3 is 2.51 bits per heavy atom. The van der Waals surface area contributed by atoms with Gasteiger partial charge in [0.15, 0.2) is 0 Å². The highest BCUT2D eigenvalue weighted by atomic mass is 32.1. The minimum absolute atomic E-state index is 0.00468. The number of rotatable bonds is 6. The Labute approximate surface area is 214 Å². The topological polar surface area (TPSA) is 57.6 Å². The van der Waals surface area contributed by atoms with Crippen molar-refractivity contribution in [1.82, 2.24) is 19.7 Å². The lowest BCUT2D eigenvalue weighted by Gasteiger charge is -2.45. The molecule has 5 rings (SSSR count). The second kappa shape index (κ2) is 9.89. The first-order valence-electron chi connectivity index (χ1n) is 13.7. The second-order valence-electron chi connectivity index (χ2n) is 12.0. The van der Waals surface area contributed by atoms with Crippen molar-refractivity contribution in [2.24, 2.45) is 17.8 Å². The van der Waals surface area contributed by atoms with Crippen LogP contribution < -0.4 is 5.32 Å². The number of piperidine rings is 1. The Kier molecular flexibility index (Phi) is 7.01. The largest absolute Gasteiger partial charge is 0.351 e. The highest BCUT2D eigenvalue weighted by Gasteiger charge is 2.48. The molecule has 1 aliphatic carbocycles. The van der Waals surface area contributed by atoms with E-state index in [2.05, 4.69) is 47.0 Å². The van der Waals surface area contributed by atoms with Crippen molar-refractivity contribution in [2.45, 2.75) is 84.3 Å². The molecule has 35 heavy (non-hydrogen) atoms. The summed E-state index contributed by atoms with van der Waals surface area (Å²) in [7, 11) is 0. The number of fused-ring (bicyclic) bond motifs is 3. The van der Waals surface area contributed by atoms with Crippen LogP contribution >= 0.6 is 11.3 Å². The summed E-state index contributed by atoms with van der Waals surface area (Å²) in [6, 6.07) is 4.31. The van der Waals surface area contributed by atoms with Gasteiger partial charge in [0.25, 0.3) is 5.91 Å². The summed E-state index contributed by atoms with van der Waals surface area (Å²) >= 11 is 1.66. The smallest absolute Gasteiger partial charge is 0.271 e. The highest BCUT2D eigenvalue weighted by molar-refractivity contribution is 7.17. The molecule has 0 radical (unpaired) electrons. The molecule has 2 aliphatic heterocycles. The van der Waals surface area contributed by atoms with E-state index in [0.717, 1.165) is 85.4 Å². The third kappa shape index (κ3) is 4.91. The number of nitrogens with zero attached hydrogens (tertiary/aromatic N) is 3. The summed E-state index contributed by atoms with van der Waals surface area (Å²) in [6.45, 7) is 13.3. The van der Waals surface area contributed by atoms with E-state index in [-0.39, 0.29) is 17.9 Å². The van der Waals surface area contributed by atoms with Crippen LogP contribution in [-0.2, 0) is 11.3 Å². The molecule has 3 atom stereocenters. The molecule has 6 nitrogen and oxygen atoms in total. The summed E-state index contributed by atoms with van der Waals surface area (Å²) in [5.41, 5.74) is 0.910. The van der Waals surface area contributed by atoms with Gasteiger partial charge in [-0.2, -0.15) is 0 Å². The summed E-state index contributed by atoms with van der Waals surface area (Å²) in [6.07, 6.45) is 6.58. The van der Waals surface area contributed by atoms with Crippen molar-refractivity contribution >= 4 is 33.4 Å². The predicted molar refractivity (Wildman–Crippen MR) is 143 cm³/mol. The third-order valence-corrected chi connectivity index (χ3v) is 9.54. The first kappa shape index (κ1) is 24.8. The van der Waals surface area contributed by atoms with Gasteiger partial charge in [-0.1, -0.05) is 20.8 Å². The number of likely N-dealkylation sites (tertiary alicyclic amines) is 1. The number of hydrogen-bond donors (Lipinski definition) is 1. The monoisotopic (exact) mass is 498 g/mol. The number of amides is 2. The molecule has 192 valence electrons. The molecule has 0 bridgehead atoms. The van der Waals surface area contributed by atoms with Gasteiger partial charge in [0, 0.05) is 25.7 Å². The molecule has 2 aromatic heterocycles. The number of aromatic nitrogens is 1. The average Bonchev–Trinajstić information content (AvgIpc) is 3.39. The van der Waals surface area contributed by atoms with Crippen molar-refractivity contribution in [3.8, 4) is 0 Å². The second-order valence-corrected chi connectivity index (χ2v) is 13.0. The fourth-order valence-corrected chi connectivity index (χ4v) is 7.62. The lowest BCUT2D eigenvalue weighted by atomic mass is 9.86. The first-order chi connectivity index (χ1) is 16.7. The Morgan fingerprint density at radius 1 is 1.09 bits per heavy atom. The van der Waals surface area contributed by atoms with E-state index in [0.29, 0.717) is 13.1 Å². The molecule has 1 saturated heterocycles. The Morgan fingerprint density at radius 2 is 1.80 bits per heavy atom. The fourth-order valence-electron chi connectivity index (χ4n) is 6.80. The minimum atomic E-state index is -0.885. The number of thiophene rings is 1. The predicted octanol–water partition coefficient (Wildman–Crippen LogP) is 4.98. The minimum Gasteiger partial charge on any atom is -0.351 e. The summed E-state index contributed by atoms with van der Waals surface area (Å²) in [4.78, 5) is 32.1. The third-order valence-electron chi connectivity index (χ3n) is 8.69. The molecule has 0 spiro atoms. The molecular formula is C28H42N4O2S. The van der Waals surface area contributed by atoms with E-state index >= 15 is 0 Å². The standard InChI is InChI=1S/C28H42N4O2S/c1-19-6-8-22(9-7-19)29-27(34)28(4)18-31-23-10-13-35-25(23)15-24(31)26(33)32(28)12-5-11-30-16-20(2)14-21(3)17-30/h10,13,15,19-22H,5-9,11-12,14,16-18H2,1-4H3,(H,29,34). The number of nitrogens with one attached hydrogen (secondary N) is 1. The van der Waals surface area contributed by atoms with E-state index in [1.54, 1.807) is 11.3 Å². The van der Waals surface area contributed by atoms with Gasteiger partial charge in [0.05, 0.1) is 16.8 Å². The Bertz CT molecular complexity index is 1060. The van der Waals surface area contributed by atoms with Crippen molar-refractivity contribution in [2.75, 3.05) is 26.2 Å². The van der Waals surface area contributed by atoms with Crippen molar-refractivity contribution in [3.63, 3.8) is 0 Å². The fraction of sp³-hybridized carbons (Fsp3) is 0.714. The molecule has 4 heterocycles. The molecule has 0 aromatic carbocycles. The summed E-state index contributed by atoms with van der Waals surface area (Å²) in [5, 5.41) is 5.43. The molecule has 7 heteroatoms. The van der Waals surface area contributed by atoms with Gasteiger partial charge >= 0.3 is 0 Å². The van der Waals surface area contributed by atoms with Gasteiger partial charge in [-0.15, -0.1) is 11.3 Å². The summed E-state index contributed by atoms with van der Waals surface area (Å²) in [5.74, 6) is 2.19. The lowest BCUT2D eigenvalue weighted by molar-refractivity contribution is -0.133. The zero-order valence-corrected chi connectivity index (χ0v) is 22.7. The maximum atomic E-state index is 13.9. The molecule has 3 aliphatic rings. The molecule has 2 aromatic rings. The van der Waals surface area contributed by atoms with E-state index in [1.807, 2.05) is 17.9 Å². The van der Waals surface area contributed by atoms with Gasteiger partial charge < -0.3 is 19.7 Å². The number of carbonyl (C=O) groups is 2. The van der Waals surface area contributed by atoms with Crippen LogP contribution in [0.25, 0.3) is 10.2 Å². The van der Waals surface area contributed by atoms with Crippen LogP contribution in [-0.4, -0.2) is 63.9 Å². The van der Waals surface area contributed by atoms with Crippen molar-refractivity contribution in [3.05, 3.63) is 23.2 Å². The van der Waals surface area contributed by atoms with Gasteiger partial charge in [-0.05, 0) is 87.3 Å². The number of carbonyl (C=O) groups excluding carboxylic acids is 2. The molecule has 2 fully saturated rings. The molecule has 2 amide bonds. The highest BCUT2D eigenvalue weighted by Crippen LogP contribution is 2.35. The van der Waals surface area contributed by atoms with Crippen LogP contribution in [0.4, 0.5) is 0 Å². The summed E-state index contributed by atoms with van der Waals surface area (Å²) < 4.78 is 3.21. The van der Waals surface area contributed by atoms with Crippen LogP contribution in [0.1, 0.15) is 76.7 Å². The van der Waals surface area contributed by atoms with E-state index in [9.17, 15) is 9.59 Å². The maximum absolute atomic E-state index is 13.9. The maximum Gasteiger partial charge on any atom is 0.271 e. The van der Waals surface area contributed by atoms with Crippen molar-refractivity contribution < 1.29 is 9.59 Å². The zero-order valence-electron chi connectivity index (χ0n) is 21.9. The zero-order chi connectivity index (χ0) is 24.7. The normalized spacial score (nSPS) is 32.1. The van der Waals surface area contributed by atoms with Crippen molar-refractivity contribution in [1.29, 1.82) is 0 Å². The van der Waals surface area contributed by atoms with Gasteiger partial charge in [0.2, 0.25) is 5.91 Å². The number of hydrogen-bond acceptors (Lipinski definition) is 4. The van der Waals surface area contributed by atoms with Gasteiger partial charge in [-0.25, -0.2) is 0 Å². The van der Waals surface area contributed by atoms with E-state index < -0.39 is 5.54 Å². The van der Waals surface area contributed by atoms with Crippen LogP contribution in [0.15, 0.2) is 17.5 Å². The van der Waals surface area contributed by atoms with Crippen LogP contribution in [0, 0.1) is 17.8 Å². The van der Waals surface area contributed by atoms with E-state index in [1.165, 1.54) is 6.42 Å². The molecule has 1 saturated carbocycles. The van der Waals surface area contributed by atoms with Crippen LogP contribution in [0.5, 0.6) is 0 Å². The average molecular weight is 499 g/mol. The van der Waals surface area contributed by atoms with Crippen LogP contribution in [0.2, 0.25) is 0 Å². The molecular weight excluding hydrogens is 456 g/mol. The lowest BCUT2D eigenvalue weighted by Crippen LogP contribution is -2.65. The Hall–Kier alpha value is -1.86. The molecule has 3 unspecified atom stereocenters.